The number of carbonyl (C=O) groups excluding carboxylic acids is 1. The Kier molecular flexibility index (Phi) is 4.07. The van der Waals surface area contributed by atoms with Gasteiger partial charge in [0.2, 0.25) is 5.91 Å². The molecule has 0 saturated heterocycles. The average molecular weight is 311 g/mol. The summed E-state index contributed by atoms with van der Waals surface area (Å²) in [6.07, 6.45) is 2.06. The maximum absolute atomic E-state index is 11.5. The average Bonchev–Trinajstić information content (AvgIpc) is 2.69. The fourth-order valence-electron chi connectivity index (χ4n) is 2.60. The molecule has 2 unspecified atom stereocenters. The summed E-state index contributed by atoms with van der Waals surface area (Å²) in [4.78, 5) is 11.5. The van der Waals surface area contributed by atoms with Crippen LogP contribution < -0.4 is 11.1 Å². The maximum Gasteiger partial charge on any atom is 0.234 e. The number of amides is 1. The Bertz CT molecular complexity index is 459. The van der Waals surface area contributed by atoms with Gasteiger partial charge in [0.25, 0.3) is 0 Å². The van der Waals surface area contributed by atoms with Crippen molar-refractivity contribution in [2.45, 2.75) is 38.8 Å². The highest BCUT2D eigenvalue weighted by molar-refractivity contribution is 9.10. The van der Waals surface area contributed by atoms with E-state index in [2.05, 4.69) is 33.4 Å². The minimum atomic E-state index is -0.270. The molecule has 18 heavy (non-hydrogen) atoms. The van der Waals surface area contributed by atoms with Gasteiger partial charge >= 0.3 is 0 Å². The van der Waals surface area contributed by atoms with E-state index in [1.54, 1.807) is 0 Å². The Morgan fingerprint density at radius 2 is 2.22 bits per heavy atom. The van der Waals surface area contributed by atoms with E-state index in [-0.39, 0.29) is 23.9 Å². The first-order valence-electron chi connectivity index (χ1n) is 6.33. The molecule has 0 heterocycles. The second kappa shape index (κ2) is 5.41. The van der Waals surface area contributed by atoms with Crippen LogP contribution in [0.1, 0.15) is 37.4 Å². The van der Waals surface area contributed by atoms with Gasteiger partial charge in [0.1, 0.15) is 0 Å². The lowest BCUT2D eigenvalue weighted by Gasteiger charge is -2.24. The molecule has 4 heteroatoms. The first-order valence-corrected chi connectivity index (χ1v) is 7.12. The quantitative estimate of drug-likeness (QED) is 0.898. The summed E-state index contributed by atoms with van der Waals surface area (Å²) in [5.74, 6) is -0.0628. The van der Waals surface area contributed by atoms with E-state index in [0.717, 1.165) is 17.3 Å². The molecule has 1 aliphatic rings. The molecule has 98 valence electrons. The molecule has 1 aliphatic carbocycles. The summed E-state index contributed by atoms with van der Waals surface area (Å²) in [5.41, 5.74) is 8.09. The molecule has 1 amide bonds. The van der Waals surface area contributed by atoms with Crippen molar-refractivity contribution in [2.24, 2.45) is 11.7 Å². The molecule has 3 nitrogen and oxygen atoms in total. The van der Waals surface area contributed by atoms with Gasteiger partial charge in [0.15, 0.2) is 0 Å². The highest BCUT2D eigenvalue weighted by Crippen LogP contribution is 2.36. The second-order valence-corrected chi connectivity index (χ2v) is 6.04. The number of fused-ring (bicyclic) bond motifs is 1. The second-order valence-electron chi connectivity index (χ2n) is 5.19. The van der Waals surface area contributed by atoms with Crippen LogP contribution in [-0.4, -0.2) is 11.9 Å². The van der Waals surface area contributed by atoms with Crippen LogP contribution in [0.3, 0.4) is 0 Å². The molecule has 1 aromatic carbocycles. The summed E-state index contributed by atoms with van der Waals surface area (Å²) in [7, 11) is 0. The highest BCUT2D eigenvalue weighted by Gasteiger charge is 2.29. The lowest BCUT2D eigenvalue weighted by Crippen LogP contribution is -2.46. The topological polar surface area (TPSA) is 55.1 Å². The number of nitrogens with one attached hydrogen (secondary N) is 1. The van der Waals surface area contributed by atoms with Crippen LogP contribution in [0.25, 0.3) is 0 Å². The molecule has 0 bridgehead atoms. The van der Waals surface area contributed by atoms with Crippen LogP contribution in [-0.2, 0) is 11.2 Å². The fraction of sp³-hybridized carbons (Fsp3) is 0.500. The molecule has 2 atom stereocenters. The number of hydrogen-bond acceptors (Lipinski definition) is 2. The van der Waals surface area contributed by atoms with Gasteiger partial charge in [0, 0.05) is 10.5 Å². The molecule has 0 saturated carbocycles. The van der Waals surface area contributed by atoms with Gasteiger partial charge in [-0.3, -0.25) is 10.1 Å². The number of carbonyl (C=O) groups is 1. The lowest BCUT2D eigenvalue weighted by molar-refractivity contribution is -0.121. The van der Waals surface area contributed by atoms with Crippen molar-refractivity contribution in [3.8, 4) is 0 Å². The molecule has 3 N–H and O–H groups in total. The third-order valence-electron chi connectivity index (χ3n) is 3.57. The fourth-order valence-corrected chi connectivity index (χ4v) is 3.18. The van der Waals surface area contributed by atoms with Gasteiger partial charge in [-0.25, -0.2) is 0 Å². The highest BCUT2D eigenvalue weighted by atomic mass is 79.9. The summed E-state index contributed by atoms with van der Waals surface area (Å²) < 4.78 is 1.16. The minimum Gasteiger partial charge on any atom is -0.368 e. The summed E-state index contributed by atoms with van der Waals surface area (Å²) in [6.45, 7) is 4.03. The monoisotopic (exact) mass is 310 g/mol. The third kappa shape index (κ3) is 2.59. The predicted molar refractivity (Wildman–Crippen MR) is 76.2 cm³/mol. The number of halogens is 1. The third-order valence-corrected chi connectivity index (χ3v) is 4.31. The van der Waals surface area contributed by atoms with E-state index >= 15 is 0 Å². The molecular formula is C14H19BrN2O. The van der Waals surface area contributed by atoms with Crippen molar-refractivity contribution in [1.82, 2.24) is 5.32 Å². The smallest absolute Gasteiger partial charge is 0.234 e. The van der Waals surface area contributed by atoms with Gasteiger partial charge in [0.05, 0.1) is 6.04 Å². The number of nitrogens with two attached hydrogens (primary N) is 1. The lowest BCUT2D eigenvalue weighted by atomic mass is 10.0. The van der Waals surface area contributed by atoms with E-state index in [4.69, 9.17) is 5.73 Å². The molecule has 1 aromatic rings. The van der Waals surface area contributed by atoms with E-state index in [1.807, 2.05) is 19.9 Å². The van der Waals surface area contributed by atoms with E-state index in [0.29, 0.717) is 0 Å². The van der Waals surface area contributed by atoms with Gasteiger partial charge in [-0.2, -0.15) is 0 Å². The van der Waals surface area contributed by atoms with Gasteiger partial charge in [-0.1, -0.05) is 41.9 Å². The summed E-state index contributed by atoms with van der Waals surface area (Å²) in [6, 6.07) is 6.20. The van der Waals surface area contributed by atoms with Crippen LogP contribution in [0.4, 0.5) is 0 Å². The van der Waals surface area contributed by atoms with Crippen molar-refractivity contribution in [3.63, 3.8) is 0 Å². The first-order chi connectivity index (χ1) is 8.50. The normalized spacial score (nSPS) is 19.9. The Morgan fingerprint density at radius 3 is 2.83 bits per heavy atom. The zero-order chi connectivity index (χ0) is 13.3. The van der Waals surface area contributed by atoms with Crippen LogP contribution in [0.15, 0.2) is 22.7 Å². The van der Waals surface area contributed by atoms with Crippen molar-refractivity contribution in [1.29, 1.82) is 0 Å². The predicted octanol–water partition coefficient (Wildman–Crippen LogP) is 2.54. The molecule has 0 fully saturated rings. The SMILES string of the molecule is CC(C)C(NC1CCc2c(Br)cccc21)C(N)=O. The largest absolute Gasteiger partial charge is 0.368 e. The van der Waals surface area contributed by atoms with Crippen LogP contribution in [0.5, 0.6) is 0 Å². The molecule has 2 rings (SSSR count). The standard InChI is InChI=1S/C14H19BrN2O/c1-8(2)13(14(16)18)17-12-7-6-9-10(12)4-3-5-11(9)15/h3-5,8,12-13,17H,6-7H2,1-2H3,(H2,16,18). The Hall–Kier alpha value is -0.870. The Balaban J connectivity index is 2.19. The summed E-state index contributed by atoms with van der Waals surface area (Å²) >= 11 is 3.58. The molecular weight excluding hydrogens is 292 g/mol. The zero-order valence-corrected chi connectivity index (χ0v) is 12.3. The van der Waals surface area contributed by atoms with Crippen LogP contribution in [0.2, 0.25) is 0 Å². The van der Waals surface area contributed by atoms with Gasteiger partial charge in [-0.15, -0.1) is 0 Å². The molecule has 0 spiro atoms. The number of rotatable bonds is 4. The number of primary amides is 1. The van der Waals surface area contributed by atoms with Crippen molar-refractivity contribution in [2.75, 3.05) is 0 Å². The zero-order valence-electron chi connectivity index (χ0n) is 10.7. The van der Waals surface area contributed by atoms with E-state index in [9.17, 15) is 4.79 Å². The minimum absolute atomic E-state index is 0.207. The number of benzene rings is 1. The number of hydrogen-bond donors (Lipinski definition) is 2. The van der Waals surface area contributed by atoms with Crippen LogP contribution in [0, 0.1) is 5.92 Å². The summed E-state index contributed by atoms with van der Waals surface area (Å²) in [5, 5.41) is 3.40. The Labute approximate surface area is 116 Å². The van der Waals surface area contributed by atoms with E-state index < -0.39 is 0 Å². The van der Waals surface area contributed by atoms with Gasteiger partial charge < -0.3 is 5.73 Å². The van der Waals surface area contributed by atoms with E-state index in [1.165, 1.54) is 11.1 Å². The first kappa shape index (κ1) is 13.6. The Morgan fingerprint density at radius 1 is 1.50 bits per heavy atom. The molecule has 0 radical (unpaired) electrons. The van der Waals surface area contributed by atoms with Gasteiger partial charge in [-0.05, 0) is 36.0 Å². The molecule has 0 aromatic heterocycles. The maximum atomic E-state index is 11.5. The van der Waals surface area contributed by atoms with Crippen molar-refractivity contribution >= 4 is 21.8 Å². The van der Waals surface area contributed by atoms with Crippen molar-refractivity contribution in [3.05, 3.63) is 33.8 Å². The van der Waals surface area contributed by atoms with Crippen LogP contribution >= 0.6 is 15.9 Å². The van der Waals surface area contributed by atoms with Crippen molar-refractivity contribution < 1.29 is 4.79 Å². The molecule has 0 aliphatic heterocycles.